The maximum atomic E-state index is 10.3. The van der Waals surface area contributed by atoms with Crippen LogP contribution in [-0.4, -0.2) is 51.5 Å². The van der Waals surface area contributed by atoms with Crippen molar-refractivity contribution in [3.63, 3.8) is 0 Å². The fourth-order valence-corrected chi connectivity index (χ4v) is 1.52. The van der Waals surface area contributed by atoms with Gasteiger partial charge in [0.1, 0.15) is 12.2 Å². The Bertz CT molecular complexity index is 226. The largest absolute Gasteiger partial charge is 0.469 e. The van der Waals surface area contributed by atoms with Crippen molar-refractivity contribution in [2.45, 2.75) is 24.7 Å². The summed E-state index contributed by atoms with van der Waals surface area (Å²) >= 11 is 0. The van der Waals surface area contributed by atoms with Crippen LogP contribution in [0.5, 0.6) is 0 Å². The van der Waals surface area contributed by atoms with Gasteiger partial charge in [-0.25, -0.2) is 4.57 Å². The van der Waals surface area contributed by atoms with E-state index >= 15 is 0 Å². The molecule has 0 amide bonds. The van der Waals surface area contributed by atoms with E-state index < -0.39 is 32.7 Å². The fraction of sp³-hybridized carbons (Fsp3) is 1.00. The summed E-state index contributed by atoms with van der Waals surface area (Å²) in [5, 5.41) is 18.5. The predicted molar refractivity (Wildman–Crippen MR) is 44.4 cm³/mol. The molecule has 0 spiro atoms. The number of hydrogen-bond donors (Lipinski definition) is 4. The monoisotopic (exact) mass is 228 g/mol. The van der Waals surface area contributed by atoms with E-state index in [4.69, 9.17) is 14.5 Å². The van der Waals surface area contributed by atoms with E-state index in [1.165, 1.54) is 0 Å². The van der Waals surface area contributed by atoms with Gasteiger partial charge in [-0.3, -0.25) is 4.52 Å². The molecule has 7 nitrogen and oxygen atoms in total. The van der Waals surface area contributed by atoms with Crippen LogP contribution in [0.15, 0.2) is 0 Å². The van der Waals surface area contributed by atoms with Crippen LogP contribution in [0.25, 0.3) is 0 Å². The number of ether oxygens (including phenoxy) is 1. The highest BCUT2D eigenvalue weighted by molar-refractivity contribution is 7.46. The van der Waals surface area contributed by atoms with Crippen LogP contribution in [0.3, 0.4) is 0 Å². The van der Waals surface area contributed by atoms with Crippen molar-refractivity contribution in [1.29, 1.82) is 0 Å². The molecule has 1 heterocycles. The number of hydrogen-bond acceptors (Lipinski definition) is 5. The summed E-state index contributed by atoms with van der Waals surface area (Å²) in [5.41, 5.74) is 0. The van der Waals surface area contributed by atoms with Gasteiger partial charge in [0.25, 0.3) is 0 Å². The minimum absolute atomic E-state index is 0.230. The van der Waals surface area contributed by atoms with E-state index in [-0.39, 0.29) is 6.61 Å². The first kappa shape index (κ1) is 12.1. The van der Waals surface area contributed by atoms with Gasteiger partial charge in [0, 0.05) is 6.61 Å². The van der Waals surface area contributed by atoms with E-state index in [1.807, 2.05) is 0 Å². The van der Waals surface area contributed by atoms with Gasteiger partial charge in [0.05, 0.1) is 12.7 Å². The third-order valence-corrected chi connectivity index (χ3v) is 2.41. The molecule has 0 aliphatic carbocycles. The van der Waals surface area contributed by atoms with Crippen LogP contribution in [0.2, 0.25) is 0 Å². The van der Waals surface area contributed by atoms with Crippen LogP contribution < -0.4 is 0 Å². The highest BCUT2D eigenvalue weighted by atomic mass is 31.2. The molecule has 0 aromatic rings. The van der Waals surface area contributed by atoms with Crippen molar-refractivity contribution in [1.82, 2.24) is 0 Å². The van der Waals surface area contributed by atoms with E-state index in [0.29, 0.717) is 6.42 Å². The van der Waals surface area contributed by atoms with Crippen LogP contribution in [0.1, 0.15) is 6.42 Å². The SMILES string of the molecule is O=P(O)(O)OC[C@H]1OCC[C@@H](O)[C@@H]1O. The van der Waals surface area contributed by atoms with Gasteiger partial charge in [0.2, 0.25) is 0 Å². The summed E-state index contributed by atoms with van der Waals surface area (Å²) in [5.74, 6) is 0. The lowest BCUT2D eigenvalue weighted by Gasteiger charge is -2.31. The quantitative estimate of drug-likeness (QED) is 0.439. The maximum absolute atomic E-state index is 10.3. The molecule has 0 aromatic carbocycles. The number of phosphoric acid groups is 1. The van der Waals surface area contributed by atoms with Crippen molar-refractivity contribution in [3.05, 3.63) is 0 Å². The summed E-state index contributed by atoms with van der Waals surface area (Å²) < 4.78 is 19.5. The molecule has 1 saturated heterocycles. The summed E-state index contributed by atoms with van der Waals surface area (Å²) in [6.07, 6.45) is -2.70. The Morgan fingerprint density at radius 1 is 1.43 bits per heavy atom. The minimum atomic E-state index is -4.55. The Kier molecular flexibility index (Phi) is 4.03. The Labute approximate surface area is 80.5 Å². The molecule has 14 heavy (non-hydrogen) atoms. The average Bonchev–Trinajstić information content (AvgIpc) is 2.06. The highest BCUT2D eigenvalue weighted by Crippen LogP contribution is 2.36. The molecule has 1 fully saturated rings. The molecular weight excluding hydrogens is 215 g/mol. The van der Waals surface area contributed by atoms with Gasteiger partial charge in [0.15, 0.2) is 0 Å². The molecule has 1 aliphatic heterocycles. The molecule has 8 heteroatoms. The van der Waals surface area contributed by atoms with Crippen LogP contribution >= 0.6 is 7.82 Å². The van der Waals surface area contributed by atoms with Gasteiger partial charge in [-0.2, -0.15) is 0 Å². The molecule has 0 aromatic heterocycles. The third-order valence-electron chi connectivity index (χ3n) is 1.93. The number of rotatable bonds is 3. The smallest absolute Gasteiger partial charge is 0.390 e. The molecule has 3 atom stereocenters. The van der Waals surface area contributed by atoms with Crippen LogP contribution in [0, 0.1) is 0 Å². The molecule has 84 valence electrons. The number of phosphoric ester groups is 1. The highest BCUT2D eigenvalue weighted by Gasteiger charge is 2.33. The summed E-state index contributed by atoms with van der Waals surface area (Å²) in [7, 11) is -4.55. The molecule has 1 aliphatic rings. The third kappa shape index (κ3) is 3.62. The second-order valence-corrected chi connectivity index (χ2v) is 4.28. The number of aliphatic hydroxyl groups excluding tert-OH is 2. The van der Waals surface area contributed by atoms with Crippen molar-refractivity contribution in [2.24, 2.45) is 0 Å². The van der Waals surface area contributed by atoms with E-state index in [1.54, 1.807) is 0 Å². The first-order valence-corrected chi connectivity index (χ1v) is 5.61. The summed E-state index contributed by atoms with van der Waals surface area (Å²) in [6, 6.07) is 0. The lowest BCUT2D eigenvalue weighted by atomic mass is 10.0. The summed E-state index contributed by atoms with van der Waals surface area (Å²) in [6.45, 7) is -0.212. The first-order chi connectivity index (χ1) is 6.40. The zero-order valence-electron chi connectivity index (χ0n) is 7.31. The zero-order chi connectivity index (χ0) is 10.8. The molecule has 4 N–H and O–H groups in total. The molecule has 0 radical (unpaired) electrons. The Morgan fingerprint density at radius 2 is 2.07 bits per heavy atom. The van der Waals surface area contributed by atoms with Gasteiger partial charge >= 0.3 is 7.82 Å². The molecule has 0 bridgehead atoms. The molecule has 0 unspecified atom stereocenters. The van der Waals surface area contributed by atoms with Crippen molar-refractivity contribution >= 4 is 7.82 Å². The normalized spacial score (nSPS) is 34.4. The molecule has 0 saturated carbocycles. The van der Waals surface area contributed by atoms with Gasteiger partial charge in [-0.05, 0) is 6.42 Å². The Hall–Kier alpha value is -0.0100. The Morgan fingerprint density at radius 3 is 2.64 bits per heavy atom. The standard InChI is InChI=1S/C6H13O7P/c7-4-1-2-12-5(6(4)8)3-13-14(9,10)11/h4-8H,1-3H2,(H2,9,10,11)/t4-,5-,6+/m1/s1. The topological polar surface area (TPSA) is 116 Å². The lowest BCUT2D eigenvalue weighted by Crippen LogP contribution is -2.46. The second kappa shape index (κ2) is 4.67. The van der Waals surface area contributed by atoms with Gasteiger partial charge < -0.3 is 24.7 Å². The molecular formula is C6H13O7P. The van der Waals surface area contributed by atoms with Crippen molar-refractivity contribution in [3.8, 4) is 0 Å². The van der Waals surface area contributed by atoms with Crippen LogP contribution in [-0.2, 0) is 13.8 Å². The summed E-state index contributed by atoms with van der Waals surface area (Å²) in [4.78, 5) is 16.8. The molecule has 1 rings (SSSR count). The van der Waals surface area contributed by atoms with E-state index in [2.05, 4.69) is 4.52 Å². The minimum Gasteiger partial charge on any atom is -0.390 e. The first-order valence-electron chi connectivity index (χ1n) is 4.08. The van der Waals surface area contributed by atoms with Crippen molar-refractivity contribution in [2.75, 3.05) is 13.2 Å². The van der Waals surface area contributed by atoms with Gasteiger partial charge in [-0.15, -0.1) is 0 Å². The second-order valence-electron chi connectivity index (χ2n) is 3.04. The Balaban J connectivity index is 2.40. The number of aliphatic hydroxyl groups is 2. The van der Waals surface area contributed by atoms with E-state index in [0.717, 1.165) is 0 Å². The van der Waals surface area contributed by atoms with Crippen LogP contribution in [0.4, 0.5) is 0 Å². The zero-order valence-corrected chi connectivity index (χ0v) is 8.21. The fourth-order valence-electron chi connectivity index (χ4n) is 1.17. The lowest BCUT2D eigenvalue weighted by molar-refractivity contribution is -0.146. The van der Waals surface area contributed by atoms with E-state index in [9.17, 15) is 14.8 Å². The van der Waals surface area contributed by atoms with Gasteiger partial charge in [-0.1, -0.05) is 0 Å². The maximum Gasteiger partial charge on any atom is 0.469 e. The average molecular weight is 228 g/mol. The predicted octanol–water partition coefficient (Wildman–Crippen LogP) is -1.39. The van der Waals surface area contributed by atoms with Crippen molar-refractivity contribution < 1.29 is 33.8 Å².